The van der Waals surface area contributed by atoms with E-state index in [1.165, 1.54) is 24.3 Å². The van der Waals surface area contributed by atoms with Crippen molar-refractivity contribution >= 4 is 40.5 Å². The minimum absolute atomic E-state index is 0.242. The van der Waals surface area contributed by atoms with Gasteiger partial charge in [0, 0.05) is 11.3 Å². The van der Waals surface area contributed by atoms with E-state index in [1.807, 2.05) is 29.5 Å². The Labute approximate surface area is 152 Å². The van der Waals surface area contributed by atoms with Gasteiger partial charge in [0.25, 0.3) is 5.91 Å². The Morgan fingerprint density at radius 3 is 2.58 bits per heavy atom. The lowest BCUT2D eigenvalue weighted by Crippen LogP contribution is -2.20. The largest absolute Gasteiger partial charge is 0.490 e. The predicted molar refractivity (Wildman–Crippen MR) is 96.2 cm³/mol. The van der Waals surface area contributed by atoms with Gasteiger partial charge >= 0.3 is 0 Å². The Bertz CT molecular complexity index is 734. The number of carbonyl (C=O) groups excluding carboxylic acids is 2. The first-order chi connectivity index (χ1) is 11.5. The van der Waals surface area contributed by atoms with Crippen LogP contribution in [-0.4, -0.2) is 25.4 Å². The first-order valence-corrected chi connectivity index (χ1v) is 8.21. The molecule has 2 aromatic carbocycles. The van der Waals surface area contributed by atoms with Crippen molar-refractivity contribution in [2.24, 2.45) is 0 Å². The summed E-state index contributed by atoms with van der Waals surface area (Å²) < 4.78 is 24.5. The minimum atomic E-state index is -0.390. The molecule has 0 aliphatic carbocycles. The summed E-state index contributed by atoms with van der Waals surface area (Å²) in [6, 6.07) is 8.63. The quantitative estimate of drug-likeness (QED) is 0.524. The highest BCUT2D eigenvalue weighted by atomic mass is 127. The molecular formula is C17H15FINO4. The maximum atomic E-state index is 12.8. The Hall–Kier alpha value is -2.16. The molecule has 126 valence electrons. The first-order valence-electron chi connectivity index (χ1n) is 7.13. The number of benzene rings is 2. The van der Waals surface area contributed by atoms with E-state index in [0.29, 0.717) is 32.9 Å². The van der Waals surface area contributed by atoms with E-state index in [0.717, 1.165) is 6.29 Å². The monoisotopic (exact) mass is 443 g/mol. The molecule has 0 heterocycles. The van der Waals surface area contributed by atoms with Gasteiger partial charge in [-0.1, -0.05) is 0 Å². The number of anilines is 1. The number of amides is 1. The Balaban J connectivity index is 2.06. The number of hydrogen-bond donors (Lipinski definition) is 1. The van der Waals surface area contributed by atoms with Crippen molar-refractivity contribution in [2.45, 2.75) is 6.92 Å². The van der Waals surface area contributed by atoms with Crippen LogP contribution in [0.3, 0.4) is 0 Å². The summed E-state index contributed by atoms with van der Waals surface area (Å²) in [5.41, 5.74) is 0.937. The highest BCUT2D eigenvalue weighted by Crippen LogP contribution is 2.33. The van der Waals surface area contributed by atoms with Crippen molar-refractivity contribution < 1.29 is 23.5 Å². The number of carbonyl (C=O) groups is 2. The fourth-order valence-electron chi connectivity index (χ4n) is 1.93. The number of aldehydes is 1. The van der Waals surface area contributed by atoms with Crippen molar-refractivity contribution in [2.75, 3.05) is 18.5 Å². The third kappa shape index (κ3) is 4.92. The van der Waals surface area contributed by atoms with Gasteiger partial charge in [0.1, 0.15) is 12.1 Å². The van der Waals surface area contributed by atoms with Gasteiger partial charge in [0.2, 0.25) is 0 Å². The average molecular weight is 443 g/mol. The lowest BCUT2D eigenvalue weighted by Gasteiger charge is -2.14. The van der Waals surface area contributed by atoms with Crippen LogP contribution in [0.2, 0.25) is 0 Å². The van der Waals surface area contributed by atoms with Crippen molar-refractivity contribution in [1.82, 2.24) is 0 Å². The number of halogens is 2. The molecule has 0 aromatic heterocycles. The molecule has 0 spiro atoms. The van der Waals surface area contributed by atoms with E-state index in [-0.39, 0.29) is 18.3 Å². The van der Waals surface area contributed by atoms with Crippen LogP contribution >= 0.6 is 22.6 Å². The summed E-state index contributed by atoms with van der Waals surface area (Å²) in [6.45, 7) is 1.97. The van der Waals surface area contributed by atoms with Gasteiger partial charge < -0.3 is 14.8 Å². The van der Waals surface area contributed by atoms with Gasteiger partial charge in [0.15, 0.2) is 18.1 Å². The van der Waals surface area contributed by atoms with Crippen molar-refractivity contribution in [3.05, 3.63) is 51.3 Å². The highest BCUT2D eigenvalue weighted by molar-refractivity contribution is 14.1. The molecule has 1 N–H and O–H groups in total. The molecule has 1 amide bonds. The van der Waals surface area contributed by atoms with Crippen LogP contribution in [0.15, 0.2) is 36.4 Å². The zero-order chi connectivity index (χ0) is 17.5. The van der Waals surface area contributed by atoms with E-state index < -0.39 is 0 Å². The average Bonchev–Trinajstić information content (AvgIpc) is 2.56. The van der Waals surface area contributed by atoms with E-state index >= 15 is 0 Å². The van der Waals surface area contributed by atoms with Crippen LogP contribution in [0.4, 0.5) is 10.1 Å². The molecule has 7 heteroatoms. The van der Waals surface area contributed by atoms with Gasteiger partial charge in [-0.05, 0) is 65.9 Å². The second-order valence-corrected chi connectivity index (χ2v) is 5.89. The van der Waals surface area contributed by atoms with Crippen LogP contribution in [0.25, 0.3) is 0 Å². The van der Waals surface area contributed by atoms with Crippen LogP contribution < -0.4 is 14.8 Å². The fourth-order valence-corrected chi connectivity index (χ4v) is 2.71. The second-order valence-electron chi connectivity index (χ2n) is 4.72. The summed E-state index contributed by atoms with van der Waals surface area (Å²) in [5, 5.41) is 2.60. The Morgan fingerprint density at radius 1 is 1.25 bits per heavy atom. The van der Waals surface area contributed by atoms with Gasteiger partial charge in [0.05, 0.1) is 10.2 Å². The number of nitrogens with one attached hydrogen (secondary N) is 1. The van der Waals surface area contributed by atoms with E-state index in [2.05, 4.69) is 5.32 Å². The zero-order valence-corrected chi connectivity index (χ0v) is 15.0. The van der Waals surface area contributed by atoms with E-state index in [4.69, 9.17) is 9.47 Å². The molecule has 0 aliphatic heterocycles. The molecule has 0 radical (unpaired) electrons. The molecule has 0 bridgehead atoms. The smallest absolute Gasteiger partial charge is 0.262 e. The van der Waals surface area contributed by atoms with Crippen LogP contribution in [0.1, 0.15) is 17.3 Å². The van der Waals surface area contributed by atoms with Crippen LogP contribution in [-0.2, 0) is 4.79 Å². The SMILES string of the molecule is CCOc1cc(C=O)cc(I)c1OCC(=O)Nc1ccc(F)cc1. The van der Waals surface area contributed by atoms with Gasteiger partial charge in [-0.25, -0.2) is 4.39 Å². The normalized spacial score (nSPS) is 10.1. The molecule has 0 aliphatic rings. The zero-order valence-electron chi connectivity index (χ0n) is 12.8. The molecule has 2 aromatic rings. The lowest BCUT2D eigenvalue weighted by molar-refractivity contribution is -0.118. The standard InChI is InChI=1S/C17H15FINO4/c1-2-23-15-8-11(9-21)7-14(19)17(15)24-10-16(22)20-13-5-3-12(18)4-6-13/h3-9H,2,10H2,1H3,(H,20,22). The summed E-state index contributed by atoms with van der Waals surface area (Å²) >= 11 is 2.01. The Morgan fingerprint density at radius 2 is 1.96 bits per heavy atom. The topological polar surface area (TPSA) is 64.6 Å². The summed E-state index contributed by atoms with van der Waals surface area (Å²) in [5.74, 6) is 0.0353. The molecule has 0 saturated heterocycles. The Kier molecular flexibility index (Phi) is 6.53. The van der Waals surface area contributed by atoms with Crippen molar-refractivity contribution in [3.8, 4) is 11.5 Å². The van der Waals surface area contributed by atoms with Gasteiger partial charge in [-0.2, -0.15) is 0 Å². The maximum Gasteiger partial charge on any atom is 0.262 e. The number of hydrogen-bond acceptors (Lipinski definition) is 4. The lowest BCUT2D eigenvalue weighted by atomic mass is 10.2. The third-order valence-electron chi connectivity index (χ3n) is 2.94. The summed E-state index contributed by atoms with van der Waals surface area (Å²) in [6.07, 6.45) is 0.718. The first kappa shape index (κ1) is 18.2. The third-order valence-corrected chi connectivity index (χ3v) is 3.74. The molecule has 2 rings (SSSR count). The minimum Gasteiger partial charge on any atom is -0.490 e. The summed E-state index contributed by atoms with van der Waals surface area (Å²) in [4.78, 5) is 22.9. The van der Waals surface area contributed by atoms with Crippen LogP contribution in [0, 0.1) is 9.39 Å². The maximum absolute atomic E-state index is 12.8. The van der Waals surface area contributed by atoms with Crippen LogP contribution in [0.5, 0.6) is 11.5 Å². The van der Waals surface area contributed by atoms with E-state index in [9.17, 15) is 14.0 Å². The molecule has 0 atom stereocenters. The fraction of sp³-hybridized carbons (Fsp3) is 0.176. The summed E-state index contributed by atoms with van der Waals surface area (Å²) in [7, 11) is 0. The molecule has 5 nitrogen and oxygen atoms in total. The molecule has 0 unspecified atom stereocenters. The van der Waals surface area contributed by atoms with Gasteiger partial charge in [-0.3, -0.25) is 9.59 Å². The second kappa shape index (κ2) is 8.62. The molecule has 0 fully saturated rings. The van der Waals surface area contributed by atoms with E-state index in [1.54, 1.807) is 12.1 Å². The molecule has 0 saturated carbocycles. The molecular weight excluding hydrogens is 428 g/mol. The van der Waals surface area contributed by atoms with Gasteiger partial charge in [-0.15, -0.1) is 0 Å². The predicted octanol–water partition coefficient (Wildman–Crippen LogP) is 3.66. The number of ether oxygens (including phenoxy) is 2. The number of rotatable bonds is 7. The highest BCUT2D eigenvalue weighted by Gasteiger charge is 2.14. The van der Waals surface area contributed by atoms with Crippen molar-refractivity contribution in [3.63, 3.8) is 0 Å². The van der Waals surface area contributed by atoms with Crippen molar-refractivity contribution in [1.29, 1.82) is 0 Å². The molecule has 24 heavy (non-hydrogen) atoms.